The van der Waals surface area contributed by atoms with Crippen LogP contribution in [-0.2, 0) is 4.79 Å². The van der Waals surface area contributed by atoms with E-state index < -0.39 is 0 Å². The number of hydrogen-bond acceptors (Lipinski definition) is 2. The molecule has 1 aliphatic carbocycles. The molecule has 2 rings (SSSR count). The standard InChI is InChI=1S/C11H20N2O.ClH/c1-13(2)10(14)11-6-4-3-5-9(11)7-12-8-11;/h9,12H,3-8H2,1-2H3;1H/t9-,11+;/m0./s1. The Morgan fingerprint density at radius 2 is 2.13 bits per heavy atom. The van der Waals surface area contributed by atoms with Gasteiger partial charge in [-0.3, -0.25) is 4.79 Å². The highest BCUT2D eigenvalue weighted by Crippen LogP contribution is 2.44. The maximum atomic E-state index is 12.2. The van der Waals surface area contributed by atoms with E-state index in [1.54, 1.807) is 4.90 Å². The predicted octanol–water partition coefficient (Wildman–Crippen LogP) is 1.28. The molecule has 0 aromatic heterocycles. The molecule has 2 aliphatic rings. The largest absolute Gasteiger partial charge is 0.348 e. The Balaban J connectivity index is 0.00000112. The summed E-state index contributed by atoms with van der Waals surface area (Å²) in [6, 6.07) is 0. The first-order chi connectivity index (χ1) is 6.67. The Kier molecular flexibility index (Phi) is 4.01. The van der Waals surface area contributed by atoms with Gasteiger partial charge in [0.15, 0.2) is 0 Å². The normalized spacial score (nSPS) is 34.1. The lowest BCUT2D eigenvalue weighted by molar-refractivity contribution is -0.142. The second kappa shape index (κ2) is 4.71. The smallest absolute Gasteiger partial charge is 0.229 e. The average molecular weight is 233 g/mol. The van der Waals surface area contributed by atoms with Crippen LogP contribution >= 0.6 is 12.4 Å². The van der Waals surface area contributed by atoms with Crippen molar-refractivity contribution in [3.05, 3.63) is 0 Å². The quantitative estimate of drug-likeness (QED) is 0.739. The Morgan fingerprint density at radius 3 is 2.80 bits per heavy atom. The van der Waals surface area contributed by atoms with Crippen molar-refractivity contribution < 1.29 is 4.79 Å². The third-order valence-corrected chi connectivity index (χ3v) is 3.87. The highest BCUT2D eigenvalue weighted by atomic mass is 35.5. The Labute approximate surface area is 98.0 Å². The molecule has 0 bridgehead atoms. The molecular formula is C11H21ClN2O. The zero-order valence-corrected chi connectivity index (χ0v) is 10.4. The van der Waals surface area contributed by atoms with Gasteiger partial charge in [0.05, 0.1) is 5.41 Å². The maximum Gasteiger partial charge on any atom is 0.229 e. The van der Waals surface area contributed by atoms with Gasteiger partial charge in [0.1, 0.15) is 0 Å². The van der Waals surface area contributed by atoms with Crippen LogP contribution in [0.15, 0.2) is 0 Å². The van der Waals surface area contributed by atoms with E-state index in [1.165, 1.54) is 19.3 Å². The fourth-order valence-electron chi connectivity index (χ4n) is 3.11. The van der Waals surface area contributed by atoms with Crippen LogP contribution in [-0.4, -0.2) is 38.0 Å². The summed E-state index contributed by atoms with van der Waals surface area (Å²) in [5.74, 6) is 0.929. The molecule has 15 heavy (non-hydrogen) atoms. The van der Waals surface area contributed by atoms with Crippen LogP contribution in [0.25, 0.3) is 0 Å². The van der Waals surface area contributed by atoms with Crippen LogP contribution in [0.3, 0.4) is 0 Å². The second-order valence-corrected chi connectivity index (χ2v) is 4.93. The van der Waals surface area contributed by atoms with Crippen molar-refractivity contribution in [1.29, 1.82) is 0 Å². The first kappa shape index (κ1) is 12.8. The van der Waals surface area contributed by atoms with Crippen LogP contribution in [0.2, 0.25) is 0 Å². The van der Waals surface area contributed by atoms with E-state index in [9.17, 15) is 4.79 Å². The number of halogens is 1. The third kappa shape index (κ3) is 2.00. The lowest BCUT2D eigenvalue weighted by Gasteiger charge is -2.38. The summed E-state index contributed by atoms with van der Waals surface area (Å²) < 4.78 is 0. The zero-order valence-electron chi connectivity index (χ0n) is 9.58. The molecule has 0 aromatic rings. The minimum atomic E-state index is -0.0538. The van der Waals surface area contributed by atoms with Crippen molar-refractivity contribution in [1.82, 2.24) is 10.2 Å². The van der Waals surface area contributed by atoms with Crippen molar-refractivity contribution in [2.24, 2.45) is 11.3 Å². The number of carbonyl (C=O) groups is 1. The van der Waals surface area contributed by atoms with Gasteiger partial charge in [0, 0.05) is 20.6 Å². The van der Waals surface area contributed by atoms with Crippen LogP contribution in [0, 0.1) is 11.3 Å². The number of rotatable bonds is 1. The van der Waals surface area contributed by atoms with Crippen molar-refractivity contribution in [2.75, 3.05) is 27.2 Å². The molecule has 2 atom stereocenters. The lowest BCUT2D eigenvalue weighted by Crippen LogP contribution is -2.47. The molecule has 0 aromatic carbocycles. The first-order valence-electron chi connectivity index (χ1n) is 5.59. The molecule has 88 valence electrons. The molecule has 4 heteroatoms. The topological polar surface area (TPSA) is 32.3 Å². The van der Waals surface area contributed by atoms with Gasteiger partial charge in [0.2, 0.25) is 5.91 Å². The molecule has 1 aliphatic heterocycles. The van der Waals surface area contributed by atoms with E-state index in [0.717, 1.165) is 19.5 Å². The van der Waals surface area contributed by atoms with Crippen molar-refractivity contribution >= 4 is 18.3 Å². The molecule has 0 spiro atoms. The first-order valence-corrected chi connectivity index (χ1v) is 5.59. The Morgan fingerprint density at radius 1 is 1.40 bits per heavy atom. The molecule has 1 N–H and O–H groups in total. The predicted molar refractivity (Wildman–Crippen MR) is 63.2 cm³/mol. The van der Waals surface area contributed by atoms with Gasteiger partial charge in [0.25, 0.3) is 0 Å². The summed E-state index contributed by atoms with van der Waals surface area (Å²) in [6.07, 6.45) is 4.83. The summed E-state index contributed by atoms with van der Waals surface area (Å²) in [5, 5.41) is 3.39. The van der Waals surface area contributed by atoms with Gasteiger partial charge in [-0.05, 0) is 25.3 Å². The van der Waals surface area contributed by atoms with Gasteiger partial charge in [-0.25, -0.2) is 0 Å². The summed E-state index contributed by atoms with van der Waals surface area (Å²) in [7, 11) is 3.75. The van der Waals surface area contributed by atoms with Crippen LogP contribution in [0.4, 0.5) is 0 Å². The number of nitrogens with one attached hydrogen (secondary N) is 1. The highest BCUT2D eigenvalue weighted by Gasteiger charge is 2.50. The van der Waals surface area contributed by atoms with Crippen LogP contribution in [0.5, 0.6) is 0 Å². The maximum absolute atomic E-state index is 12.2. The molecule has 0 unspecified atom stereocenters. The summed E-state index contributed by atoms with van der Waals surface area (Å²) >= 11 is 0. The molecule has 1 saturated heterocycles. The number of fused-ring (bicyclic) bond motifs is 1. The van der Waals surface area contributed by atoms with Crippen LogP contribution < -0.4 is 5.32 Å². The Bertz CT molecular complexity index is 245. The van der Waals surface area contributed by atoms with E-state index in [-0.39, 0.29) is 17.8 Å². The van der Waals surface area contributed by atoms with E-state index in [4.69, 9.17) is 0 Å². The molecule has 1 amide bonds. The van der Waals surface area contributed by atoms with Crippen molar-refractivity contribution in [3.8, 4) is 0 Å². The van der Waals surface area contributed by atoms with E-state index >= 15 is 0 Å². The monoisotopic (exact) mass is 232 g/mol. The summed E-state index contributed by atoms with van der Waals surface area (Å²) in [4.78, 5) is 14.0. The molecule has 3 nitrogen and oxygen atoms in total. The average Bonchev–Trinajstić information content (AvgIpc) is 2.60. The number of amides is 1. The summed E-state index contributed by atoms with van der Waals surface area (Å²) in [6.45, 7) is 1.94. The minimum Gasteiger partial charge on any atom is -0.348 e. The van der Waals surface area contributed by atoms with Crippen LogP contribution in [0.1, 0.15) is 25.7 Å². The summed E-state index contributed by atoms with van der Waals surface area (Å²) in [5.41, 5.74) is -0.0538. The van der Waals surface area contributed by atoms with Crippen molar-refractivity contribution in [3.63, 3.8) is 0 Å². The van der Waals surface area contributed by atoms with E-state index in [0.29, 0.717) is 11.8 Å². The fraction of sp³-hybridized carbons (Fsp3) is 0.909. The van der Waals surface area contributed by atoms with E-state index in [1.807, 2.05) is 14.1 Å². The number of nitrogens with zero attached hydrogens (tertiary/aromatic N) is 1. The molecule has 2 fully saturated rings. The van der Waals surface area contributed by atoms with Gasteiger partial charge >= 0.3 is 0 Å². The fourth-order valence-corrected chi connectivity index (χ4v) is 3.11. The van der Waals surface area contributed by atoms with Gasteiger partial charge in [-0.2, -0.15) is 0 Å². The third-order valence-electron chi connectivity index (χ3n) is 3.87. The van der Waals surface area contributed by atoms with Gasteiger partial charge in [-0.15, -0.1) is 12.4 Å². The van der Waals surface area contributed by atoms with Crippen molar-refractivity contribution in [2.45, 2.75) is 25.7 Å². The SMILES string of the molecule is CN(C)C(=O)[C@@]12CCCC[C@H]1CNC2.Cl. The molecule has 1 saturated carbocycles. The molecule has 1 heterocycles. The van der Waals surface area contributed by atoms with E-state index in [2.05, 4.69) is 5.32 Å². The van der Waals surface area contributed by atoms with Gasteiger partial charge in [-0.1, -0.05) is 12.8 Å². The Hall–Kier alpha value is -0.280. The number of hydrogen-bond donors (Lipinski definition) is 1. The minimum absolute atomic E-state index is 0. The lowest BCUT2D eigenvalue weighted by atomic mass is 9.67. The zero-order chi connectivity index (χ0) is 10.2. The second-order valence-electron chi connectivity index (χ2n) is 4.93. The number of carbonyl (C=O) groups excluding carboxylic acids is 1. The molecular weight excluding hydrogens is 212 g/mol. The van der Waals surface area contributed by atoms with Gasteiger partial charge < -0.3 is 10.2 Å². The molecule has 0 radical (unpaired) electrons. The highest BCUT2D eigenvalue weighted by molar-refractivity contribution is 5.85.